The third-order valence-corrected chi connectivity index (χ3v) is 1.67. The van der Waals surface area contributed by atoms with Crippen LogP contribution in [0.15, 0.2) is 24.8 Å². The van der Waals surface area contributed by atoms with E-state index in [9.17, 15) is 4.79 Å². The van der Waals surface area contributed by atoms with E-state index in [1.807, 2.05) is 23.6 Å². The quantitative estimate of drug-likeness (QED) is 0.587. The molecular formula is C10H13NO3. The molecule has 0 aliphatic carbocycles. The van der Waals surface area contributed by atoms with Crippen LogP contribution in [-0.4, -0.2) is 22.4 Å². The number of allylic oxidation sites excluding steroid dienone is 1. The van der Waals surface area contributed by atoms with Crippen molar-refractivity contribution in [2.24, 2.45) is 0 Å². The Labute approximate surface area is 82.5 Å². The fourth-order valence-electron chi connectivity index (χ4n) is 1.07. The third kappa shape index (κ3) is 3.26. The van der Waals surface area contributed by atoms with E-state index in [0.717, 1.165) is 12.0 Å². The first kappa shape index (κ1) is 12.2. The van der Waals surface area contributed by atoms with Gasteiger partial charge < -0.3 is 9.67 Å². The second kappa shape index (κ2) is 6.65. The largest absolute Gasteiger partial charge is 0.483 e. The molecule has 1 aromatic heterocycles. The third-order valence-electron chi connectivity index (χ3n) is 1.67. The fraction of sp³-hybridized carbons (Fsp3) is 0.200. The van der Waals surface area contributed by atoms with Crippen molar-refractivity contribution in [1.82, 2.24) is 4.57 Å². The summed E-state index contributed by atoms with van der Waals surface area (Å²) in [4.78, 5) is 18.8. The van der Waals surface area contributed by atoms with Gasteiger partial charge in [0.1, 0.15) is 0 Å². The topological polar surface area (TPSA) is 59.3 Å². The maximum Gasteiger partial charge on any atom is 0.290 e. The second-order valence-corrected chi connectivity index (χ2v) is 2.52. The van der Waals surface area contributed by atoms with Gasteiger partial charge in [-0.3, -0.25) is 9.59 Å². The van der Waals surface area contributed by atoms with E-state index in [4.69, 9.17) is 9.90 Å². The molecule has 0 amide bonds. The highest BCUT2D eigenvalue weighted by Crippen LogP contribution is 2.05. The van der Waals surface area contributed by atoms with Crippen LogP contribution in [0, 0.1) is 6.92 Å². The summed E-state index contributed by atoms with van der Waals surface area (Å²) >= 11 is 0. The summed E-state index contributed by atoms with van der Waals surface area (Å²) in [5.41, 5.74) is 1.80. The Morgan fingerprint density at radius 3 is 2.50 bits per heavy atom. The lowest BCUT2D eigenvalue weighted by Gasteiger charge is -2.02. The number of aldehydes is 1. The smallest absolute Gasteiger partial charge is 0.290 e. The van der Waals surface area contributed by atoms with Crippen LogP contribution in [0.25, 0.3) is 0 Å². The van der Waals surface area contributed by atoms with Gasteiger partial charge >= 0.3 is 0 Å². The van der Waals surface area contributed by atoms with Crippen LogP contribution in [0.3, 0.4) is 0 Å². The predicted molar refractivity (Wildman–Crippen MR) is 53.4 cm³/mol. The van der Waals surface area contributed by atoms with Crippen molar-refractivity contribution < 1.29 is 14.7 Å². The highest BCUT2D eigenvalue weighted by molar-refractivity contribution is 5.72. The van der Waals surface area contributed by atoms with Crippen LogP contribution >= 0.6 is 0 Å². The average Bonchev–Trinajstić information content (AvgIpc) is 2.50. The molecule has 1 aromatic rings. The minimum Gasteiger partial charge on any atom is -0.483 e. The number of hydrogen-bond acceptors (Lipinski definition) is 2. The monoisotopic (exact) mass is 195 g/mol. The Morgan fingerprint density at radius 2 is 2.07 bits per heavy atom. The second-order valence-electron chi connectivity index (χ2n) is 2.52. The van der Waals surface area contributed by atoms with Gasteiger partial charge in [-0.2, -0.15) is 0 Å². The summed E-state index contributed by atoms with van der Waals surface area (Å²) in [7, 11) is 0. The van der Waals surface area contributed by atoms with Gasteiger partial charge in [0.2, 0.25) is 0 Å². The Morgan fingerprint density at radius 1 is 1.50 bits per heavy atom. The van der Waals surface area contributed by atoms with E-state index >= 15 is 0 Å². The van der Waals surface area contributed by atoms with Gasteiger partial charge in [0.25, 0.3) is 6.47 Å². The number of carbonyl (C=O) groups is 2. The zero-order valence-corrected chi connectivity index (χ0v) is 8.01. The van der Waals surface area contributed by atoms with Gasteiger partial charge in [-0.15, -0.1) is 6.58 Å². The highest BCUT2D eigenvalue weighted by atomic mass is 16.3. The Hall–Kier alpha value is -1.84. The standard InChI is InChI=1S/C9H11NO.CH2O2/c1-3-6-10-8(2)4-5-9(10)7-11;2-1-3/h3-5,7H,1,6H2,2H3;1H,(H,2,3). The molecule has 0 aliphatic rings. The number of aryl methyl sites for hydroxylation is 1. The first-order valence-electron chi connectivity index (χ1n) is 4.01. The van der Waals surface area contributed by atoms with Crippen molar-refractivity contribution in [2.75, 3.05) is 0 Å². The van der Waals surface area contributed by atoms with E-state index in [1.54, 1.807) is 6.08 Å². The summed E-state index contributed by atoms with van der Waals surface area (Å²) in [6.45, 7) is 6.04. The summed E-state index contributed by atoms with van der Waals surface area (Å²) in [6, 6.07) is 3.74. The highest BCUT2D eigenvalue weighted by Gasteiger charge is 2.00. The molecular weight excluding hydrogens is 182 g/mol. The number of carbonyl (C=O) groups excluding carboxylic acids is 1. The molecule has 0 spiro atoms. The van der Waals surface area contributed by atoms with Crippen molar-refractivity contribution in [2.45, 2.75) is 13.5 Å². The molecule has 0 unspecified atom stereocenters. The first-order valence-corrected chi connectivity index (χ1v) is 4.01. The maximum absolute atomic E-state index is 10.5. The van der Waals surface area contributed by atoms with Gasteiger partial charge in [-0.25, -0.2) is 0 Å². The lowest BCUT2D eigenvalue weighted by Crippen LogP contribution is -2.01. The van der Waals surface area contributed by atoms with E-state index in [1.165, 1.54) is 0 Å². The molecule has 0 saturated heterocycles. The normalized spacial score (nSPS) is 8.36. The van der Waals surface area contributed by atoms with E-state index < -0.39 is 0 Å². The molecule has 0 bridgehead atoms. The molecule has 0 fully saturated rings. The lowest BCUT2D eigenvalue weighted by atomic mass is 10.4. The molecule has 0 aliphatic heterocycles. The zero-order valence-electron chi connectivity index (χ0n) is 8.01. The van der Waals surface area contributed by atoms with Crippen molar-refractivity contribution in [1.29, 1.82) is 0 Å². The van der Waals surface area contributed by atoms with Gasteiger partial charge in [0.05, 0.1) is 5.69 Å². The van der Waals surface area contributed by atoms with Gasteiger partial charge in [0.15, 0.2) is 6.29 Å². The van der Waals surface area contributed by atoms with Crippen molar-refractivity contribution in [3.63, 3.8) is 0 Å². The first-order chi connectivity index (χ1) is 6.71. The number of nitrogens with zero attached hydrogens (tertiary/aromatic N) is 1. The molecule has 4 nitrogen and oxygen atoms in total. The number of hydrogen-bond donors (Lipinski definition) is 1. The molecule has 0 atom stereocenters. The minimum absolute atomic E-state index is 0.250. The van der Waals surface area contributed by atoms with Crippen molar-refractivity contribution >= 4 is 12.8 Å². The molecule has 14 heavy (non-hydrogen) atoms. The zero-order chi connectivity index (χ0) is 11.0. The Bertz CT molecular complexity index is 315. The van der Waals surface area contributed by atoms with Crippen molar-refractivity contribution in [3.8, 4) is 0 Å². The average molecular weight is 195 g/mol. The molecule has 4 heteroatoms. The molecule has 76 valence electrons. The van der Waals surface area contributed by atoms with Crippen LogP contribution in [0.4, 0.5) is 0 Å². The molecule has 1 rings (SSSR count). The molecule has 1 N–H and O–H groups in total. The van der Waals surface area contributed by atoms with Gasteiger partial charge in [0, 0.05) is 12.2 Å². The van der Waals surface area contributed by atoms with Crippen LogP contribution < -0.4 is 0 Å². The van der Waals surface area contributed by atoms with Crippen LogP contribution in [0.2, 0.25) is 0 Å². The lowest BCUT2D eigenvalue weighted by molar-refractivity contribution is -0.122. The summed E-state index contributed by atoms with van der Waals surface area (Å²) in [6.07, 6.45) is 2.64. The van der Waals surface area contributed by atoms with E-state index in [-0.39, 0.29) is 6.47 Å². The Balaban J connectivity index is 0.000000500. The van der Waals surface area contributed by atoms with Crippen LogP contribution in [0.1, 0.15) is 16.2 Å². The van der Waals surface area contributed by atoms with Crippen molar-refractivity contribution in [3.05, 3.63) is 36.2 Å². The summed E-state index contributed by atoms with van der Waals surface area (Å²) < 4.78 is 1.92. The molecule has 0 radical (unpaired) electrons. The van der Waals surface area contributed by atoms with Gasteiger partial charge in [-0.1, -0.05) is 6.08 Å². The number of carboxylic acid groups (broad SMARTS) is 1. The fourth-order valence-corrected chi connectivity index (χ4v) is 1.07. The maximum atomic E-state index is 10.5. The molecule has 0 aromatic carbocycles. The molecule has 0 saturated carbocycles. The number of aromatic nitrogens is 1. The minimum atomic E-state index is -0.250. The van der Waals surface area contributed by atoms with Gasteiger partial charge in [-0.05, 0) is 19.1 Å². The Kier molecular flexibility index (Phi) is 5.78. The SMILES string of the molecule is C=CCn1c(C)ccc1C=O.O=CO. The summed E-state index contributed by atoms with van der Waals surface area (Å²) in [5.74, 6) is 0. The number of rotatable bonds is 3. The van der Waals surface area contributed by atoms with Crippen LogP contribution in [0.5, 0.6) is 0 Å². The van der Waals surface area contributed by atoms with E-state index in [0.29, 0.717) is 12.2 Å². The van der Waals surface area contributed by atoms with Crippen LogP contribution in [-0.2, 0) is 11.3 Å². The molecule has 1 heterocycles. The summed E-state index contributed by atoms with van der Waals surface area (Å²) in [5, 5.41) is 6.89. The predicted octanol–water partition coefficient (Wildman–Crippen LogP) is 1.50. The van der Waals surface area contributed by atoms with E-state index in [2.05, 4.69) is 6.58 Å².